The van der Waals surface area contributed by atoms with E-state index in [1.807, 2.05) is 19.1 Å². The molecular weight excluding hydrogens is 316 g/mol. The van der Waals surface area contributed by atoms with Gasteiger partial charge in [-0.25, -0.2) is 4.79 Å². The lowest BCUT2D eigenvalue weighted by Gasteiger charge is -2.12. The minimum absolute atomic E-state index is 0.339. The summed E-state index contributed by atoms with van der Waals surface area (Å²) in [5.74, 6) is -2.38. The van der Waals surface area contributed by atoms with E-state index in [1.54, 1.807) is 12.1 Å². The van der Waals surface area contributed by atoms with Crippen molar-refractivity contribution in [2.75, 3.05) is 5.32 Å². The zero-order valence-electron chi connectivity index (χ0n) is 13.1. The summed E-state index contributed by atoms with van der Waals surface area (Å²) in [6.07, 6.45) is -0.204. The van der Waals surface area contributed by atoms with Gasteiger partial charge in [0.2, 0.25) is 5.76 Å². The number of carbonyl (C=O) groups excluding carboxylic acids is 2. The van der Waals surface area contributed by atoms with Crippen LogP contribution in [0.3, 0.4) is 0 Å². The van der Waals surface area contributed by atoms with E-state index in [0.29, 0.717) is 5.69 Å². The number of esters is 1. The highest BCUT2D eigenvalue weighted by molar-refractivity contribution is 5.96. The van der Waals surface area contributed by atoms with E-state index in [-0.39, 0.29) is 5.76 Å². The second kappa shape index (κ2) is 7.40. The Hall–Kier alpha value is -3.16. The highest BCUT2D eigenvalue weighted by Crippen LogP contribution is 2.17. The monoisotopic (exact) mass is 332 g/mol. The van der Waals surface area contributed by atoms with Gasteiger partial charge in [0.1, 0.15) is 4.92 Å². The molecule has 0 aliphatic heterocycles. The van der Waals surface area contributed by atoms with Gasteiger partial charge in [0, 0.05) is 5.69 Å². The fourth-order valence-corrected chi connectivity index (χ4v) is 1.88. The van der Waals surface area contributed by atoms with E-state index in [1.165, 1.54) is 6.92 Å². The van der Waals surface area contributed by atoms with Crippen LogP contribution in [-0.4, -0.2) is 22.9 Å². The minimum Gasteiger partial charge on any atom is -0.447 e. The number of anilines is 1. The number of hydrogen-bond donors (Lipinski definition) is 1. The van der Waals surface area contributed by atoms with Gasteiger partial charge in [0.05, 0.1) is 6.07 Å². The number of benzene rings is 1. The SMILES string of the molecule is CCc1ccc(NC(=O)[C@H](C)OC(=O)c2ccc([N+](=O)[O-])o2)cc1. The molecule has 126 valence electrons. The van der Waals surface area contributed by atoms with Crippen molar-refractivity contribution >= 4 is 23.4 Å². The summed E-state index contributed by atoms with van der Waals surface area (Å²) in [5.41, 5.74) is 1.71. The van der Waals surface area contributed by atoms with Gasteiger partial charge < -0.3 is 14.5 Å². The molecule has 1 atom stereocenters. The largest absolute Gasteiger partial charge is 0.447 e. The van der Waals surface area contributed by atoms with Crippen molar-refractivity contribution in [3.63, 3.8) is 0 Å². The third-order valence-electron chi connectivity index (χ3n) is 3.26. The van der Waals surface area contributed by atoms with Crippen LogP contribution in [0.1, 0.15) is 30.0 Å². The Morgan fingerprint density at radius 2 is 1.92 bits per heavy atom. The second-order valence-corrected chi connectivity index (χ2v) is 4.98. The molecule has 0 fully saturated rings. The van der Waals surface area contributed by atoms with Crippen LogP contribution in [-0.2, 0) is 16.0 Å². The summed E-state index contributed by atoms with van der Waals surface area (Å²) in [6, 6.07) is 9.43. The molecule has 2 rings (SSSR count). The first-order chi connectivity index (χ1) is 11.4. The van der Waals surface area contributed by atoms with Gasteiger partial charge in [-0.3, -0.25) is 14.9 Å². The minimum atomic E-state index is -1.09. The summed E-state index contributed by atoms with van der Waals surface area (Å²) in [6.45, 7) is 3.42. The average molecular weight is 332 g/mol. The Balaban J connectivity index is 1.94. The molecule has 1 aromatic carbocycles. The summed E-state index contributed by atoms with van der Waals surface area (Å²) >= 11 is 0. The number of ether oxygens (including phenoxy) is 1. The highest BCUT2D eigenvalue weighted by atomic mass is 16.7. The normalized spacial score (nSPS) is 11.6. The predicted molar refractivity (Wildman–Crippen MR) is 84.7 cm³/mol. The van der Waals surface area contributed by atoms with E-state index < -0.39 is 28.8 Å². The Bertz CT molecular complexity index is 750. The van der Waals surface area contributed by atoms with Crippen LogP contribution in [0.25, 0.3) is 0 Å². The van der Waals surface area contributed by atoms with Crippen LogP contribution in [0.2, 0.25) is 0 Å². The Morgan fingerprint density at radius 3 is 2.46 bits per heavy atom. The number of aryl methyl sites for hydroxylation is 1. The molecule has 24 heavy (non-hydrogen) atoms. The maximum Gasteiger partial charge on any atom is 0.433 e. The zero-order chi connectivity index (χ0) is 17.7. The fraction of sp³-hybridized carbons (Fsp3) is 0.250. The van der Waals surface area contributed by atoms with E-state index in [0.717, 1.165) is 24.1 Å². The predicted octanol–water partition coefficient (Wildman–Crippen LogP) is 2.93. The zero-order valence-corrected chi connectivity index (χ0v) is 13.1. The third kappa shape index (κ3) is 4.19. The van der Waals surface area contributed by atoms with Crippen LogP contribution in [0.5, 0.6) is 0 Å². The van der Waals surface area contributed by atoms with Crippen LogP contribution in [0.4, 0.5) is 11.6 Å². The number of hydrogen-bond acceptors (Lipinski definition) is 6. The molecule has 0 bridgehead atoms. The summed E-state index contributed by atoms with van der Waals surface area (Å²) < 4.78 is 9.67. The molecule has 0 radical (unpaired) electrons. The topological polar surface area (TPSA) is 112 Å². The molecule has 0 saturated carbocycles. The van der Waals surface area contributed by atoms with Crippen molar-refractivity contribution in [3.8, 4) is 0 Å². The highest BCUT2D eigenvalue weighted by Gasteiger charge is 2.23. The van der Waals surface area contributed by atoms with Crippen LogP contribution in [0.15, 0.2) is 40.8 Å². The number of rotatable bonds is 6. The molecule has 1 N–H and O–H groups in total. The van der Waals surface area contributed by atoms with Crippen LogP contribution < -0.4 is 5.32 Å². The van der Waals surface area contributed by atoms with Crippen molar-refractivity contribution in [1.29, 1.82) is 0 Å². The lowest BCUT2D eigenvalue weighted by atomic mass is 10.1. The van der Waals surface area contributed by atoms with Crippen molar-refractivity contribution in [2.24, 2.45) is 0 Å². The first-order valence-corrected chi connectivity index (χ1v) is 7.25. The summed E-state index contributed by atoms with van der Waals surface area (Å²) in [4.78, 5) is 33.6. The van der Waals surface area contributed by atoms with Gasteiger partial charge in [-0.05, 0) is 37.1 Å². The Kier molecular flexibility index (Phi) is 5.31. The van der Waals surface area contributed by atoms with Crippen LogP contribution >= 0.6 is 0 Å². The number of furan rings is 1. The van der Waals surface area contributed by atoms with Gasteiger partial charge in [0.15, 0.2) is 6.10 Å². The Labute approximate surface area is 137 Å². The first kappa shape index (κ1) is 17.2. The molecule has 1 amide bonds. The second-order valence-electron chi connectivity index (χ2n) is 4.98. The van der Waals surface area contributed by atoms with Gasteiger partial charge in [0.25, 0.3) is 5.91 Å². The molecular formula is C16H16N2O6. The standard InChI is InChI=1S/C16H16N2O6/c1-3-11-4-6-12(7-5-11)17-15(19)10(2)23-16(20)13-8-9-14(24-13)18(21)22/h4-10H,3H2,1-2H3,(H,17,19)/t10-/m0/s1. The van der Waals surface area contributed by atoms with Gasteiger partial charge in [-0.1, -0.05) is 19.1 Å². The van der Waals surface area contributed by atoms with Gasteiger partial charge in [-0.15, -0.1) is 0 Å². The number of nitrogens with zero attached hydrogens (tertiary/aromatic N) is 1. The summed E-state index contributed by atoms with van der Waals surface area (Å²) in [7, 11) is 0. The molecule has 8 nitrogen and oxygen atoms in total. The maximum absolute atomic E-state index is 12.0. The molecule has 0 aliphatic carbocycles. The number of carbonyl (C=O) groups is 2. The molecule has 0 spiro atoms. The van der Waals surface area contributed by atoms with Gasteiger partial charge >= 0.3 is 11.9 Å². The van der Waals surface area contributed by atoms with Crippen LogP contribution in [0, 0.1) is 10.1 Å². The molecule has 2 aromatic rings. The van der Waals surface area contributed by atoms with Crippen molar-refractivity contribution in [2.45, 2.75) is 26.4 Å². The average Bonchev–Trinajstić information content (AvgIpc) is 3.06. The van der Waals surface area contributed by atoms with Gasteiger partial charge in [-0.2, -0.15) is 0 Å². The smallest absolute Gasteiger partial charge is 0.433 e. The number of nitrogens with one attached hydrogen (secondary N) is 1. The molecule has 1 aromatic heterocycles. The first-order valence-electron chi connectivity index (χ1n) is 7.25. The quantitative estimate of drug-likeness (QED) is 0.494. The molecule has 0 unspecified atom stereocenters. The van der Waals surface area contributed by atoms with E-state index >= 15 is 0 Å². The molecule has 0 saturated heterocycles. The van der Waals surface area contributed by atoms with Crippen molar-refractivity contribution in [3.05, 3.63) is 57.8 Å². The maximum atomic E-state index is 12.0. The van der Waals surface area contributed by atoms with Crippen molar-refractivity contribution < 1.29 is 23.7 Å². The molecule has 1 heterocycles. The van der Waals surface area contributed by atoms with E-state index in [9.17, 15) is 19.7 Å². The van der Waals surface area contributed by atoms with E-state index in [2.05, 4.69) is 5.32 Å². The lowest BCUT2D eigenvalue weighted by molar-refractivity contribution is -0.402. The fourth-order valence-electron chi connectivity index (χ4n) is 1.88. The van der Waals surface area contributed by atoms with Crippen molar-refractivity contribution in [1.82, 2.24) is 0 Å². The van der Waals surface area contributed by atoms with E-state index in [4.69, 9.17) is 9.15 Å². The third-order valence-corrected chi connectivity index (χ3v) is 3.26. The molecule has 0 aliphatic rings. The number of amides is 1. The number of nitro groups is 1. The summed E-state index contributed by atoms with van der Waals surface area (Å²) in [5, 5.41) is 13.1. The lowest BCUT2D eigenvalue weighted by Crippen LogP contribution is -2.29. The molecule has 8 heteroatoms. The Morgan fingerprint density at radius 1 is 1.25 bits per heavy atom.